The van der Waals surface area contributed by atoms with Gasteiger partial charge in [0.15, 0.2) is 11.5 Å². The molecular weight excluding hydrogens is 353 g/mol. The molecule has 5 nitrogen and oxygen atoms in total. The van der Waals surface area contributed by atoms with Gasteiger partial charge in [-0.05, 0) is 29.8 Å². The molecule has 0 unspecified atom stereocenters. The maximum Gasteiger partial charge on any atom is 0.251 e. The van der Waals surface area contributed by atoms with Crippen LogP contribution in [0.25, 0.3) is 0 Å². The van der Waals surface area contributed by atoms with Crippen molar-refractivity contribution in [3.8, 4) is 17.2 Å². The lowest BCUT2D eigenvalue weighted by molar-refractivity contribution is 0.0949. The van der Waals surface area contributed by atoms with Crippen molar-refractivity contribution in [2.45, 2.75) is 6.54 Å². The highest BCUT2D eigenvalue weighted by Gasteiger charge is 2.20. The van der Waals surface area contributed by atoms with Gasteiger partial charge in [0.1, 0.15) is 13.2 Å². The topological polar surface area (TPSA) is 56.8 Å². The number of rotatable bonds is 4. The van der Waals surface area contributed by atoms with Gasteiger partial charge in [-0.25, -0.2) is 0 Å². The molecule has 0 atom stereocenters. The van der Waals surface area contributed by atoms with Gasteiger partial charge in [-0.2, -0.15) is 0 Å². The first-order chi connectivity index (χ1) is 11.6. The summed E-state index contributed by atoms with van der Waals surface area (Å²) in [4.78, 5) is 12.4. The summed E-state index contributed by atoms with van der Waals surface area (Å²) < 4.78 is 16.3. The number of carbonyl (C=O) groups is 1. The average molecular weight is 368 g/mol. The van der Waals surface area contributed by atoms with Crippen molar-refractivity contribution < 1.29 is 19.0 Å². The Morgan fingerprint density at radius 1 is 1.21 bits per heavy atom. The summed E-state index contributed by atoms with van der Waals surface area (Å²) >= 11 is 12.0. The highest BCUT2D eigenvalue weighted by atomic mass is 35.5. The molecule has 0 aromatic heterocycles. The van der Waals surface area contributed by atoms with Crippen LogP contribution in [0.5, 0.6) is 17.2 Å². The number of ether oxygens (including phenoxy) is 3. The second kappa shape index (κ2) is 7.20. The molecule has 24 heavy (non-hydrogen) atoms. The Labute approximate surface area is 149 Å². The molecule has 1 aliphatic rings. The molecule has 1 amide bonds. The summed E-state index contributed by atoms with van der Waals surface area (Å²) in [5, 5.41) is 3.87. The van der Waals surface area contributed by atoms with Crippen molar-refractivity contribution in [2.24, 2.45) is 0 Å². The summed E-state index contributed by atoms with van der Waals surface area (Å²) in [6.45, 7) is 1.16. The number of halogens is 2. The van der Waals surface area contributed by atoms with Crippen LogP contribution in [0.15, 0.2) is 30.3 Å². The SMILES string of the molecule is COc1cc(C(=O)NCc2ccc(Cl)cc2Cl)cc2c1OCCO2. The highest BCUT2D eigenvalue weighted by molar-refractivity contribution is 6.35. The molecule has 0 bridgehead atoms. The minimum absolute atomic E-state index is 0.267. The van der Waals surface area contributed by atoms with Crippen LogP contribution < -0.4 is 19.5 Å². The van der Waals surface area contributed by atoms with Gasteiger partial charge in [0, 0.05) is 22.2 Å². The smallest absolute Gasteiger partial charge is 0.251 e. The van der Waals surface area contributed by atoms with E-state index in [1.165, 1.54) is 7.11 Å². The molecule has 2 aromatic carbocycles. The van der Waals surface area contributed by atoms with Gasteiger partial charge in [0.25, 0.3) is 5.91 Å². The van der Waals surface area contributed by atoms with Crippen LogP contribution in [-0.2, 0) is 6.54 Å². The first-order valence-electron chi connectivity index (χ1n) is 7.28. The van der Waals surface area contributed by atoms with Crippen LogP contribution in [0.3, 0.4) is 0 Å². The normalized spacial score (nSPS) is 12.6. The maximum absolute atomic E-state index is 12.4. The van der Waals surface area contributed by atoms with Crippen molar-refractivity contribution in [3.63, 3.8) is 0 Å². The number of amides is 1. The molecule has 3 rings (SSSR count). The van der Waals surface area contributed by atoms with E-state index in [4.69, 9.17) is 37.4 Å². The number of methoxy groups -OCH3 is 1. The second-order valence-corrected chi connectivity index (χ2v) is 5.96. The third-order valence-electron chi connectivity index (χ3n) is 3.54. The predicted molar refractivity (Wildman–Crippen MR) is 91.6 cm³/mol. The Kier molecular flexibility index (Phi) is 5.02. The van der Waals surface area contributed by atoms with Crippen LogP contribution in [0.2, 0.25) is 10.0 Å². The number of hydrogen-bond donors (Lipinski definition) is 1. The first-order valence-corrected chi connectivity index (χ1v) is 8.04. The van der Waals surface area contributed by atoms with Crippen molar-refractivity contribution >= 4 is 29.1 Å². The molecule has 0 saturated heterocycles. The monoisotopic (exact) mass is 367 g/mol. The Bertz CT molecular complexity index is 762. The summed E-state index contributed by atoms with van der Waals surface area (Å²) in [5.41, 5.74) is 1.19. The van der Waals surface area contributed by atoms with Crippen LogP contribution >= 0.6 is 23.2 Å². The largest absolute Gasteiger partial charge is 0.493 e. The van der Waals surface area contributed by atoms with E-state index in [2.05, 4.69) is 5.32 Å². The number of carbonyl (C=O) groups excluding carboxylic acids is 1. The number of nitrogens with one attached hydrogen (secondary N) is 1. The summed E-state index contributed by atoms with van der Waals surface area (Å²) in [7, 11) is 1.52. The molecule has 1 aliphatic heterocycles. The molecule has 0 fully saturated rings. The van der Waals surface area contributed by atoms with E-state index in [-0.39, 0.29) is 12.5 Å². The van der Waals surface area contributed by atoms with Crippen LogP contribution in [-0.4, -0.2) is 26.2 Å². The molecule has 2 aromatic rings. The fraction of sp³-hybridized carbons (Fsp3) is 0.235. The van der Waals surface area contributed by atoms with E-state index in [1.807, 2.05) is 0 Å². The summed E-state index contributed by atoms with van der Waals surface area (Å²) in [6, 6.07) is 8.39. The van der Waals surface area contributed by atoms with E-state index in [1.54, 1.807) is 30.3 Å². The minimum atomic E-state index is -0.267. The standard InChI is InChI=1S/C17H15Cl2NO4/c1-22-14-6-11(7-15-16(14)24-5-4-23-15)17(21)20-9-10-2-3-12(18)8-13(10)19/h2-3,6-8H,4-5,9H2,1H3,(H,20,21). The molecule has 0 radical (unpaired) electrons. The van der Waals surface area contributed by atoms with E-state index >= 15 is 0 Å². The number of fused-ring (bicyclic) bond motifs is 1. The van der Waals surface area contributed by atoms with E-state index < -0.39 is 0 Å². The Morgan fingerprint density at radius 2 is 2.00 bits per heavy atom. The Hall–Kier alpha value is -2.11. The lowest BCUT2D eigenvalue weighted by Gasteiger charge is -2.21. The van der Waals surface area contributed by atoms with Crippen LogP contribution in [0.1, 0.15) is 15.9 Å². The van der Waals surface area contributed by atoms with Crippen molar-refractivity contribution in [1.82, 2.24) is 5.32 Å². The van der Waals surface area contributed by atoms with Gasteiger partial charge >= 0.3 is 0 Å². The summed E-state index contributed by atoms with van der Waals surface area (Å²) in [5.74, 6) is 1.20. The second-order valence-electron chi connectivity index (χ2n) is 5.12. The summed E-state index contributed by atoms with van der Waals surface area (Å²) in [6.07, 6.45) is 0. The zero-order chi connectivity index (χ0) is 17.1. The quantitative estimate of drug-likeness (QED) is 0.894. The maximum atomic E-state index is 12.4. The van der Waals surface area contributed by atoms with E-state index in [0.717, 1.165) is 5.56 Å². The number of benzene rings is 2. The van der Waals surface area contributed by atoms with Crippen molar-refractivity contribution in [2.75, 3.05) is 20.3 Å². The first kappa shape index (κ1) is 16.7. The van der Waals surface area contributed by atoms with Crippen molar-refractivity contribution in [1.29, 1.82) is 0 Å². The highest BCUT2D eigenvalue weighted by Crippen LogP contribution is 2.40. The lowest BCUT2D eigenvalue weighted by atomic mass is 10.1. The molecule has 1 heterocycles. The zero-order valence-electron chi connectivity index (χ0n) is 12.9. The lowest BCUT2D eigenvalue weighted by Crippen LogP contribution is -2.24. The molecule has 0 aliphatic carbocycles. The van der Waals surface area contributed by atoms with Gasteiger partial charge in [0.05, 0.1) is 7.11 Å². The predicted octanol–water partition coefficient (Wildman–Crippen LogP) is 3.70. The Morgan fingerprint density at radius 3 is 2.75 bits per heavy atom. The van der Waals surface area contributed by atoms with Crippen LogP contribution in [0, 0.1) is 0 Å². The Balaban J connectivity index is 1.77. The molecule has 7 heteroatoms. The van der Waals surface area contributed by atoms with Gasteiger partial charge in [0.2, 0.25) is 5.75 Å². The van der Waals surface area contributed by atoms with E-state index in [9.17, 15) is 4.79 Å². The number of hydrogen-bond acceptors (Lipinski definition) is 4. The van der Waals surface area contributed by atoms with Gasteiger partial charge in [-0.15, -0.1) is 0 Å². The minimum Gasteiger partial charge on any atom is -0.493 e. The van der Waals surface area contributed by atoms with Crippen molar-refractivity contribution in [3.05, 3.63) is 51.5 Å². The molecular formula is C17H15Cl2NO4. The van der Waals surface area contributed by atoms with Gasteiger partial charge in [-0.3, -0.25) is 4.79 Å². The average Bonchev–Trinajstić information content (AvgIpc) is 2.59. The molecule has 0 saturated carbocycles. The van der Waals surface area contributed by atoms with Gasteiger partial charge < -0.3 is 19.5 Å². The zero-order valence-corrected chi connectivity index (χ0v) is 14.4. The van der Waals surface area contributed by atoms with Gasteiger partial charge in [-0.1, -0.05) is 29.3 Å². The molecule has 1 N–H and O–H groups in total. The third kappa shape index (κ3) is 3.52. The fourth-order valence-corrected chi connectivity index (χ4v) is 2.82. The van der Waals surface area contributed by atoms with E-state index in [0.29, 0.717) is 46.1 Å². The van der Waals surface area contributed by atoms with Crippen LogP contribution in [0.4, 0.5) is 0 Å². The molecule has 126 valence electrons. The molecule has 0 spiro atoms. The fourth-order valence-electron chi connectivity index (χ4n) is 2.35. The third-order valence-corrected chi connectivity index (χ3v) is 4.13.